The second kappa shape index (κ2) is 12.7. The molecule has 45 heavy (non-hydrogen) atoms. The Kier molecular flexibility index (Phi) is 8.74. The van der Waals surface area contributed by atoms with Crippen molar-refractivity contribution in [1.29, 1.82) is 0 Å². The molecule has 1 amide bonds. The van der Waals surface area contributed by atoms with Crippen molar-refractivity contribution in [2.75, 3.05) is 23.3 Å². The summed E-state index contributed by atoms with van der Waals surface area (Å²) in [4.78, 5) is 48.6. The Balaban J connectivity index is 1.47. The van der Waals surface area contributed by atoms with Gasteiger partial charge in [0.05, 0.1) is 10.7 Å². The van der Waals surface area contributed by atoms with Crippen LogP contribution in [0.1, 0.15) is 32.3 Å². The Labute approximate surface area is 269 Å². The topological polar surface area (TPSA) is 106 Å². The fraction of sp³-hybridized carbons (Fsp3) is 0.375. The van der Waals surface area contributed by atoms with Crippen LogP contribution in [0, 0.1) is 17.7 Å². The van der Waals surface area contributed by atoms with Gasteiger partial charge in [0.2, 0.25) is 11.9 Å². The van der Waals surface area contributed by atoms with E-state index in [9.17, 15) is 18.8 Å². The number of anilines is 2. The zero-order valence-electron chi connectivity index (χ0n) is 25.0. The van der Waals surface area contributed by atoms with E-state index in [0.717, 1.165) is 41.8 Å². The number of nitrogens with zero attached hydrogens (tertiary/aromatic N) is 5. The van der Waals surface area contributed by atoms with Crippen molar-refractivity contribution in [2.24, 2.45) is 11.8 Å². The number of aromatic nitrogens is 4. The standard InChI is InChI=1S/C32H34Cl2FN7O3/c1-19(2)9-12-40-28-29(38-31(40)39-14-11-21-16-36-17-26(21)39)41(13-10-20-3-6-23(35)7-4-20)32(45)42(30(28)44)18-27(43)37-25-8-5-22(33)15-24(25)34/h3-8,15,17,19,21,36H,9-14,16,18H2,1-2H3,(H,37,43). The number of amides is 1. The third-order valence-electron chi connectivity index (χ3n) is 8.36. The summed E-state index contributed by atoms with van der Waals surface area (Å²) in [6.07, 6.45) is 4.10. The molecule has 2 aromatic carbocycles. The zero-order chi connectivity index (χ0) is 31.8. The molecule has 236 valence electrons. The Morgan fingerprint density at radius 1 is 1.09 bits per heavy atom. The highest BCUT2D eigenvalue weighted by molar-refractivity contribution is 6.36. The largest absolute Gasteiger partial charge is 0.389 e. The zero-order valence-corrected chi connectivity index (χ0v) is 26.5. The molecule has 2 aliphatic heterocycles. The molecule has 0 saturated carbocycles. The number of carbonyl (C=O) groups is 1. The molecule has 2 aromatic heterocycles. The van der Waals surface area contributed by atoms with Gasteiger partial charge in [-0.1, -0.05) is 49.2 Å². The minimum Gasteiger partial charge on any atom is -0.389 e. The Morgan fingerprint density at radius 3 is 2.60 bits per heavy atom. The molecular formula is C32H34Cl2FN7O3. The van der Waals surface area contributed by atoms with Crippen LogP contribution in [0.4, 0.5) is 16.0 Å². The maximum absolute atomic E-state index is 14.2. The van der Waals surface area contributed by atoms with Crippen LogP contribution < -0.4 is 26.8 Å². The van der Waals surface area contributed by atoms with Crippen LogP contribution in [0.2, 0.25) is 10.0 Å². The molecule has 10 nitrogen and oxygen atoms in total. The highest BCUT2D eigenvalue weighted by Gasteiger charge is 2.35. The third kappa shape index (κ3) is 6.24. The quantitative estimate of drug-likeness (QED) is 0.249. The first-order valence-corrected chi connectivity index (χ1v) is 15.8. The van der Waals surface area contributed by atoms with Crippen molar-refractivity contribution < 1.29 is 9.18 Å². The van der Waals surface area contributed by atoms with E-state index in [1.165, 1.54) is 22.8 Å². The fourth-order valence-electron chi connectivity index (χ4n) is 5.95. The summed E-state index contributed by atoms with van der Waals surface area (Å²) in [6, 6.07) is 10.7. The van der Waals surface area contributed by atoms with E-state index >= 15 is 0 Å². The molecule has 1 saturated heterocycles. The van der Waals surface area contributed by atoms with E-state index in [2.05, 4.69) is 29.4 Å². The highest BCUT2D eigenvalue weighted by atomic mass is 35.5. The summed E-state index contributed by atoms with van der Waals surface area (Å²) >= 11 is 12.2. The maximum atomic E-state index is 14.2. The van der Waals surface area contributed by atoms with E-state index in [1.807, 2.05) is 10.8 Å². The van der Waals surface area contributed by atoms with Crippen LogP contribution in [-0.2, 0) is 30.8 Å². The van der Waals surface area contributed by atoms with E-state index in [0.29, 0.717) is 41.5 Å². The van der Waals surface area contributed by atoms with Gasteiger partial charge in [-0.3, -0.25) is 14.2 Å². The lowest BCUT2D eigenvalue weighted by Crippen LogP contribution is -2.43. The van der Waals surface area contributed by atoms with Crippen molar-refractivity contribution in [1.82, 2.24) is 24.0 Å². The summed E-state index contributed by atoms with van der Waals surface area (Å²) < 4.78 is 17.9. The van der Waals surface area contributed by atoms with Crippen LogP contribution in [0.3, 0.4) is 0 Å². The molecule has 2 N–H and O–H groups in total. The molecule has 0 radical (unpaired) electrons. The van der Waals surface area contributed by atoms with E-state index in [-0.39, 0.29) is 28.5 Å². The van der Waals surface area contributed by atoms with Gasteiger partial charge in [0.1, 0.15) is 12.4 Å². The number of aryl methyl sites for hydroxylation is 3. The molecule has 13 heteroatoms. The first-order valence-electron chi connectivity index (χ1n) is 15.0. The number of hydrogen-bond donors (Lipinski definition) is 2. The van der Waals surface area contributed by atoms with Crippen LogP contribution in [0.25, 0.3) is 11.2 Å². The van der Waals surface area contributed by atoms with Crippen LogP contribution in [0.5, 0.6) is 0 Å². The smallest absolute Gasteiger partial charge is 0.333 e. The van der Waals surface area contributed by atoms with Crippen LogP contribution in [0.15, 0.2) is 64.0 Å². The molecule has 4 heterocycles. The van der Waals surface area contributed by atoms with Crippen LogP contribution >= 0.6 is 23.2 Å². The predicted octanol–water partition coefficient (Wildman–Crippen LogP) is 5.00. The first kappa shape index (κ1) is 30.9. The molecule has 2 aliphatic rings. The van der Waals surface area contributed by atoms with Crippen molar-refractivity contribution in [3.05, 3.63) is 96.6 Å². The van der Waals surface area contributed by atoms with Crippen LogP contribution in [-0.4, -0.2) is 37.7 Å². The first-order chi connectivity index (χ1) is 21.6. The van der Waals surface area contributed by atoms with E-state index in [4.69, 9.17) is 28.2 Å². The number of imidazole rings is 1. The number of rotatable bonds is 10. The average molecular weight is 655 g/mol. The average Bonchev–Trinajstić information content (AvgIpc) is 3.72. The van der Waals surface area contributed by atoms with Crippen molar-refractivity contribution in [3.8, 4) is 0 Å². The normalized spacial score (nSPS) is 15.9. The molecule has 6 rings (SSSR count). The van der Waals surface area contributed by atoms with Gasteiger partial charge in [-0.2, -0.15) is 4.98 Å². The molecule has 1 fully saturated rings. The second-order valence-electron chi connectivity index (χ2n) is 11.9. The van der Waals surface area contributed by atoms with Crippen molar-refractivity contribution in [3.63, 3.8) is 0 Å². The van der Waals surface area contributed by atoms with Gasteiger partial charge in [0.25, 0.3) is 5.56 Å². The minimum absolute atomic E-state index is 0.166. The van der Waals surface area contributed by atoms with Gasteiger partial charge < -0.3 is 20.1 Å². The number of nitrogens with one attached hydrogen (secondary N) is 2. The van der Waals surface area contributed by atoms with Gasteiger partial charge in [0.15, 0.2) is 11.2 Å². The lowest BCUT2D eigenvalue weighted by Gasteiger charge is -2.20. The van der Waals surface area contributed by atoms with Gasteiger partial charge in [-0.05, 0) is 61.1 Å². The maximum Gasteiger partial charge on any atom is 0.333 e. The molecule has 0 bridgehead atoms. The molecular weight excluding hydrogens is 620 g/mol. The number of benzene rings is 2. The summed E-state index contributed by atoms with van der Waals surface area (Å²) in [5.41, 5.74) is 1.50. The van der Waals surface area contributed by atoms with Crippen molar-refractivity contribution >= 4 is 51.9 Å². The predicted molar refractivity (Wildman–Crippen MR) is 174 cm³/mol. The number of halogens is 3. The minimum atomic E-state index is -0.659. The van der Waals surface area contributed by atoms with Gasteiger partial charge in [-0.25, -0.2) is 13.8 Å². The molecule has 4 aromatic rings. The van der Waals surface area contributed by atoms with E-state index in [1.54, 1.807) is 24.3 Å². The Hall–Kier alpha value is -4.09. The Morgan fingerprint density at radius 2 is 1.87 bits per heavy atom. The van der Waals surface area contributed by atoms with Gasteiger partial charge in [-0.15, -0.1) is 0 Å². The van der Waals surface area contributed by atoms with Gasteiger partial charge in [0, 0.05) is 49.0 Å². The molecule has 0 spiro atoms. The van der Waals surface area contributed by atoms with E-state index < -0.39 is 23.7 Å². The Bertz CT molecular complexity index is 1910. The molecule has 1 atom stereocenters. The number of fused-ring (bicyclic) bond motifs is 2. The summed E-state index contributed by atoms with van der Waals surface area (Å²) in [5, 5.41) is 6.63. The highest BCUT2D eigenvalue weighted by Crippen LogP contribution is 2.35. The number of carbonyl (C=O) groups excluding carboxylic acids is 1. The molecule has 0 aliphatic carbocycles. The SMILES string of the molecule is CC(C)CCn1c(N2CCC3CNC=C32)nc2c1c(=O)n(CC(=O)Nc1ccc(Cl)cc1Cl)c(=O)n2CCc1ccc(F)cc1. The second-order valence-corrected chi connectivity index (χ2v) is 12.8. The lowest BCUT2D eigenvalue weighted by molar-refractivity contribution is -0.116. The van der Waals surface area contributed by atoms with Crippen molar-refractivity contribution in [2.45, 2.75) is 52.7 Å². The summed E-state index contributed by atoms with van der Waals surface area (Å²) in [6.45, 7) is 5.94. The monoisotopic (exact) mass is 653 g/mol. The summed E-state index contributed by atoms with van der Waals surface area (Å²) in [7, 11) is 0. The third-order valence-corrected chi connectivity index (χ3v) is 8.90. The van der Waals surface area contributed by atoms with Gasteiger partial charge >= 0.3 is 5.69 Å². The molecule has 1 unspecified atom stereocenters. The lowest BCUT2D eigenvalue weighted by atomic mass is 10.1. The fourth-order valence-corrected chi connectivity index (χ4v) is 6.40. The number of hydrogen-bond acceptors (Lipinski definition) is 6. The summed E-state index contributed by atoms with van der Waals surface area (Å²) in [5.74, 6) is 0.345.